The smallest absolute Gasteiger partial charge is 0.305 e. The lowest BCUT2D eigenvalue weighted by atomic mass is 10.1. The van der Waals surface area contributed by atoms with Crippen molar-refractivity contribution in [2.75, 3.05) is 27.2 Å². The molecule has 0 aromatic heterocycles. The number of carbonyl (C=O) groups is 1. The molecule has 120 valence electrons. The third-order valence-corrected chi connectivity index (χ3v) is 3.50. The number of rotatable bonds is 14. The Morgan fingerprint density at radius 2 is 1.45 bits per heavy atom. The van der Waals surface area contributed by atoms with Crippen molar-refractivity contribution in [3.8, 4) is 0 Å². The molecule has 0 aromatic carbocycles. The van der Waals surface area contributed by atoms with E-state index in [4.69, 9.17) is 4.74 Å². The fourth-order valence-corrected chi connectivity index (χ4v) is 2.19. The van der Waals surface area contributed by atoms with Gasteiger partial charge in [0.05, 0.1) is 6.61 Å². The number of esters is 1. The average molecular weight is 285 g/mol. The molecule has 0 N–H and O–H groups in total. The minimum absolute atomic E-state index is 0.0216. The fraction of sp³-hybridized carbons (Fsp3) is 0.941. The zero-order chi connectivity index (χ0) is 15.1. The van der Waals surface area contributed by atoms with Crippen LogP contribution in [0.2, 0.25) is 0 Å². The van der Waals surface area contributed by atoms with Gasteiger partial charge in [-0.3, -0.25) is 4.79 Å². The summed E-state index contributed by atoms with van der Waals surface area (Å²) in [6, 6.07) is 0. The zero-order valence-corrected chi connectivity index (χ0v) is 14.0. The van der Waals surface area contributed by atoms with Crippen LogP contribution in [0.1, 0.15) is 77.6 Å². The van der Waals surface area contributed by atoms with E-state index >= 15 is 0 Å². The first-order valence-corrected chi connectivity index (χ1v) is 8.47. The topological polar surface area (TPSA) is 29.5 Å². The molecule has 0 rings (SSSR count). The average Bonchev–Trinajstić information content (AvgIpc) is 2.41. The summed E-state index contributed by atoms with van der Waals surface area (Å²) in [5.74, 6) is -0.0216. The molecule has 0 saturated carbocycles. The molecule has 0 aliphatic heterocycles. The van der Waals surface area contributed by atoms with Gasteiger partial charge in [-0.25, -0.2) is 0 Å². The standard InChI is InChI=1S/C17H35NO2/c1-4-5-6-7-8-9-10-13-16-20-17(19)14-11-12-15-18(2)3/h4-16H2,1-3H3. The highest BCUT2D eigenvalue weighted by molar-refractivity contribution is 5.69. The second-order valence-electron chi connectivity index (χ2n) is 5.96. The summed E-state index contributed by atoms with van der Waals surface area (Å²) >= 11 is 0. The highest BCUT2D eigenvalue weighted by Gasteiger charge is 2.02. The lowest BCUT2D eigenvalue weighted by molar-refractivity contribution is -0.143. The highest BCUT2D eigenvalue weighted by Crippen LogP contribution is 2.08. The zero-order valence-electron chi connectivity index (χ0n) is 14.0. The molecule has 0 fully saturated rings. The van der Waals surface area contributed by atoms with Crippen molar-refractivity contribution in [2.45, 2.75) is 77.6 Å². The minimum Gasteiger partial charge on any atom is -0.466 e. The van der Waals surface area contributed by atoms with Crippen LogP contribution < -0.4 is 0 Å². The van der Waals surface area contributed by atoms with E-state index in [-0.39, 0.29) is 5.97 Å². The molecule has 0 radical (unpaired) electrons. The van der Waals surface area contributed by atoms with Crippen LogP contribution in [0, 0.1) is 0 Å². The van der Waals surface area contributed by atoms with Gasteiger partial charge in [0, 0.05) is 6.42 Å². The van der Waals surface area contributed by atoms with Gasteiger partial charge >= 0.3 is 5.97 Å². The molecular weight excluding hydrogens is 250 g/mol. The van der Waals surface area contributed by atoms with Gasteiger partial charge in [-0.1, -0.05) is 51.9 Å². The van der Waals surface area contributed by atoms with Crippen LogP contribution in [0.15, 0.2) is 0 Å². The molecule has 0 bridgehead atoms. The van der Waals surface area contributed by atoms with Crippen molar-refractivity contribution in [2.24, 2.45) is 0 Å². The minimum atomic E-state index is -0.0216. The molecule has 20 heavy (non-hydrogen) atoms. The van der Waals surface area contributed by atoms with Gasteiger partial charge in [-0.2, -0.15) is 0 Å². The maximum Gasteiger partial charge on any atom is 0.305 e. The first kappa shape index (κ1) is 19.4. The first-order chi connectivity index (χ1) is 9.66. The first-order valence-electron chi connectivity index (χ1n) is 8.47. The second-order valence-corrected chi connectivity index (χ2v) is 5.96. The lowest BCUT2D eigenvalue weighted by Crippen LogP contribution is -2.13. The quantitative estimate of drug-likeness (QED) is 0.350. The van der Waals surface area contributed by atoms with Crippen LogP contribution in [0.4, 0.5) is 0 Å². The lowest BCUT2D eigenvalue weighted by Gasteiger charge is -2.08. The Morgan fingerprint density at radius 1 is 0.850 bits per heavy atom. The van der Waals surface area contributed by atoms with E-state index < -0.39 is 0 Å². The van der Waals surface area contributed by atoms with Crippen LogP contribution in [-0.2, 0) is 9.53 Å². The number of carbonyl (C=O) groups excluding carboxylic acids is 1. The Morgan fingerprint density at radius 3 is 2.05 bits per heavy atom. The molecule has 0 amide bonds. The summed E-state index contributed by atoms with van der Waals surface area (Å²) in [5, 5.41) is 0. The number of nitrogens with zero attached hydrogens (tertiary/aromatic N) is 1. The van der Waals surface area contributed by atoms with E-state index in [0.29, 0.717) is 13.0 Å². The molecule has 0 aliphatic rings. The van der Waals surface area contributed by atoms with Gasteiger partial charge < -0.3 is 9.64 Å². The van der Waals surface area contributed by atoms with Crippen LogP contribution >= 0.6 is 0 Å². The second kappa shape index (κ2) is 14.8. The number of hydrogen-bond acceptors (Lipinski definition) is 3. The van der Waals surface area contributed by atoms with E-state index in [1.807, 2.05) is 0 Å². The molecule has 3 nitrogen and oxygen atoms in total. The Bertz CT molecular complexity index is 217. The predicted octanol–water partition coefficient (Wildman–Crippen LogP) is 4.40. The van der Waals surface area contributed by atoms with Crippen molar-refractivity contribution in [3.63, 3.8) is 0 Å². The largest absolute Gasteiger partial charge is 0.466 e. The van der Waals surface area contributed by atoms with E-state index in [0.717, 1.165) is 25.8 Å². The highest BCUT2D eigenvalue weighted by atomic mass is 16.5. The molecule has 0 heterocycles. The summed E-state index contributed by atoms with van der Waals surface area (Å²) in [4.78, 5) is 13.6. The summed E-state index contributed by atoms with van der Waals surface area (Å²) in [5.41, 5.74) is 0. The van der Waals surface area contributed by atoms with Crippen molar-refractivity contribution in [1.82, 2.24) is 4.90 Å². The Balaban J connectivity index is 3.15. The van der Waals surface area contributed by atoms with E-state index in [1.165, 1.54) is 44.9 Å². The summed E-state index contributed by atoms with van der Waals surface area (Å²) in [6.07, 6.45) is 12.8. The molecule has 0 aliphatic carbocycles. The van der Waals surface area contributed by atoms with E-state index in [2.05, 4.69) is 25.9 Å². The number of hydrogen-bond donors (Lipinski definition) is 0. The fourth-order valence-electron chi connectivity index (χ4n) is 2.19. The SMILES string of the molecule is CCCCCCCCCCOC(=O)CCCCN(C)C. The van der Waals surface area contributed by atoms with Crippen LogP contribution in [0.25, 0.3) is 0 Å². The van der Waals surface area contributed by atoms with Crippen LogP contribution in [-0.4, -0.2) is 38.1 Å². The predicted molar refractivity (Wildman–Crippen MR) is 86.0 cm³/mol. The number of unbranched alkanes of at least 4 members (excludes halogenated alkanes) is 8. The molecule has 0 saturated heterocycles. The van der Waals surface area contributed by atoms with Crippen molar-refractivity contribution in [1.29, 1.82) is 0 Å². The molecule has 0 spiro atoms. The normalized spacial score (nSPS) is 11.0. The van der Waals surface area contributed by atoms with Crippen LogP contribution in [0.5, 0.6) is 0 Å². The molecular formula is C17H35NO2. The third-order valence-electron chi connectivity index (χ3n) is 3.50. The number of ether oxygens (including phenoxy) is 1. The van der Waals surface area contributed by atoms with E-state index in [9.17, 15) is 4.79 Å². The van der Waals surface area contributed by atoms with Gasteiger partial charge in [0.25, 0.3) is 0 Å². The van der Waals surface area contributed by atoms with E-state index in [1.54, 1.807) is 0 Å². The van der Waals surface area contributed by atoms with Crippen LogP contribution in [0.3, 0.4) is 0 Å². The molecule has 3 heteroatoms. The molecule has 0 unspecified atom stereocenters. The summed E-state index contributed by atoms with van der Waals surface area (Å²) in [7, 11) is 4.11. The van der Waals surface area contributed by atoms with Gasteiger partial charge in [0.15, 0.2) is 0 Å². The van der Waals surface area contributed by atoms with Gasteiger partial charge in [0.2, 0.25) is 0 Å². The van der Waals surface area contributed by atoms with Crippen molar-refractivity contribution in [3.05, 3.63) is 0 Å². The van der Waals surface area contributed by atoms with Gasteiger partial charge in [-0.15, -0.1) is 0 Å². The maximum atomic E-state index is 11.5. The summed E-state index contributed by atoms with van der Waals surface area (Å²) < 4.78 is 5.24. The van der Waals surface area contributed by atoms with Crippen molar-refractivity contribution >= 4 is 5.97 Å². The Kier molecular flexibility index (Phi) is 14.4. The molecule has 0 aromatic rings. The third kappa shape index (κ3) is 15.5. The maximum absolute atomic E-state index is 11.5. The van der Waals surface area contributed by atoms with Crippen molar-refractivity contribution < 1.29 is 9.53 Å². The Labute approximate surface area is 126 Å². The Hall–Kier alpha value is -0.570. The van der Waals surface area contributed by atoms with Gasteiger partial charge in [0.1, 0.15) is 0 Å². The van der Waals surface area contributed by atoms with Gasteiger partial charge in [-0.05, 0) is 39.9 Å². The summed E-state index contributed by atoms with van der Waals surface area (Å²) in [6.45, 7) is 3.90. The monoisotopic (exact) mass is 285 g/mol. The molecule has 0 atom stereocenters.